The van der Waals surface area contributed by atoms with Crippen LogP contribution in [0.15, 0.2) is 48.5 Å². The number of rotatable bonds is 1. The molecular weight excluding hydrogens is 236 g/mol. The second kappa shape index (κ2) is 5.88. The van der Waals surface area contributed by atoms with Gasteiger partial charge in [0, 0.05) is 11.5 Å². The van der Waals surface area contributed by atoms with Crippen LogP contribution in [0.1, 0.15) is 16.7 Å². The summed E-state index contributed by atoms with van der Waals surface area (Å²) in [6, 6.07) is 14.9. The second-order valence-electron chi connectivity index (χ2n) is 4.32. The molecule has 0 radical (unpaired) electrons. The summed E-state index contributed by atoms with van der Waals surface area (Å²) in [5.74, 6) is 5.21. The van der Waals surface area contributed by atoms with E-state index in [1.54, 1.807) is 12.1 Å². The highest BCUT2D eigenvalue weighted by molar-refractivity contribution is 5.90. The first-order valence-electron chi connectivity index (χ1n) is 6.01. The topological polar surface area (TPSA) is 26.3 Å². The molecule has 0 aromatic heterocycles. The Labute approximate surface area is 113 Å². The van der Waals surface area contributed by atoms with E-state index < -0.39 is 5.97 Å². The molecule has 0 N–H and O–H groups in total. The van der Waals surface area contributed by atoms with Gasteiger partial charge in [0.15, 0.2) is 0 Å². The molecule has 2 rings (SSSR count). The van der Waals surface area contributed by atoms with Crippen molar-refractivity contribution in [1.29, 1.82) is 0 Å². The molecule has 0 aliphatic carbocycles. The first-order valence-corrected chi connectivity index (χ1v) is 6.01. The SMILES string of the molecule is Cc1ccc(C#CC(=O)Oc2ccc(C)cc2)cc1. The van der Waals surface area contributed by atoms with Crippen molar-refractivity contribution in [2.24, 2.45) is 0 Å². The van der Waals surface area contributed by atoms with Crippen LogP contribution in [0, 0.1) is 25.7 Å². The van der Waals surface area contributed by atoms with Gasteiger partial charge in [-0.25, -0.2) is 4.79 Å². The number of carbonyl (C=O) groups excluding carboxylic acids is 1. The number of hydrogen-bond acceptors (Lipinski definition) is 2. The predicted molar refractivity (Wildman–Crippen MR) is 74.9 cm³/mol. The highest BCUT2D eigenvalue weighted by Crippen LogP contribution is 2.11. The standard InChI is InChI=1S/C17H14O2/c1-13-3-7-15(8-4-13)9-12-17(18)19-16-10-5-14(2)6-11-16/h3-8,10-11H,1-2H3. The Morgan fingerprint density at radius 3 is 2.00 bits per heavy atom. The molecule has 0 saturated carbocycles. The van der Waals surface area contributed by atoms with Gasteiger partial charge >= 0.3 is 5.97 Å². The lowest BCUT2D eigenvalue weighted by Gasteiger charge is -1.99. The van der Waals surface area contributed by atoms with Crippen molar-refractivity contribution in [3.8, 4) is 17.6 Å². The quantitative estimate of drug-likeness (QED) is 0.441. The Balaban J connectivity index is 2.02. The molecule has 94 valence electrons. The van der Waals surface area contributed by atoms with E-state index in [9.17, 15) is 4.79 Å². The maximum absolute atomic E-state index is 11.5. The molecule has 2 aromatic rings. The van der Waals surface area contributed by atoms with E-state index in [2.05, 4.69) is 11.8 Å². The van der Waals surface area contributed by atoms with E-state index >= 15 is 0 Å². The van der Waals surface area contributed by atoms with Crippen LogP contribution in [0.5, 0.6) is 5.75 Å². The van der Waals surface area contributed by atoms with Crippen molar-refractivity contribution in [2.45, 2.75) is 13.8 Å². The van der Waals surface area contributed by atoms with Crippen LogP contribution in [0.3, 0.4) is 0 Å². The van der Waals surface area contributed by atoms with Crippen molar-refractivity contribution in [3.05, 3.63) is 65.2 Å². The lowest BCUT2D eigenvalue weighted by atomic mass is 10.2. The molecule has 0 aliphatic rings. The van der Waals surface area contributed by atoms with Gasteiger partial charge in [-0.05, 0) is 38.1 Å². The third-order valence-electron chi connectivity index (χ3n) is 2.59. The average molecular weight is 250 g/mol. The van der Waals surface area contributed by atoms with E-state index in [4.69, 9.17) is 4.74 Å². The largest absolute Gasteiger partial charge is 0.417 e. The van der Waals surface area contributed by atoms with Crippen LogP contribution in [0.2, 0.25) is 0 Å². The maximum atomic E-state index is 11.5. The molecule has 0 unspecified atom stereocenters. The summed E-state index contributed by atoms with van der Waals surface area (Å²) in [6.45, 7) is 3.98. The number of carbonyl (C=O) groups is 1. The third kappa shape index (κ3) is 4.01. The van der Waals surface area contributed by atoms with E-state index in [1.807, 2.05) is 50.2 Å². The molecule has 0 aliphatic heterocycles. The van der Waals surface area contributed by atoms with Gasteiger partial charge in [0.05, 0.1) is 0 Å². The van der Waals surface area contributed by atoms with Crippen LogP contribution < -0.4 is 4.74 Å². The zero-order valence-corrected chi connectivity index (χ0v) is 10.9. The van der Waals surface area contributed by atoms with Gasteiger partial charge in [-0.1, -0.05) is 41.3 Å². The van der Waals surface area contributed by atoms with Gasteiger partial charge in [0.2, 0.25) is 0 Å². The highest BCUT2D eigenvalue weighted by atomic mass is 16.5. The van der Waals surface area contributed by atoms with Crippen molar-refractivity contribution in [2.75, 3.05) is 0 Å². The fraction of sp³-hybridized carbons (Fsp3) is 0.118. The molecule has 2 aromatic carbocycles. The number of hydrogen-bond donors (Lipinski definition) is 0. The zero-order valence-electron chi connectivity index (χ0n) is 10.9. The van der Waals surface area contributed by atoms with Gasteiger partial charge in [0.1, 0.15) is 5.75 Å². The minimum atomic E-state index is -0.551. The van der Waals surface area contributed by atoms with Crippen molar-refractivity contribution in [1.82, 2.24) is 0 Å². The van der Waals surface area contributed by atoms with Crippen LogP contribution >= 0.6 is 0 Å². The van der Waals surface area contributed by atoms with Crippen LogP contribution in [0.4, 0.5) is 0 Å². The highest BCUT2D eigenvalue weighted by Gasteiger charge is 1.99. The summed E-state index contributed by atoms with van der Waals surface area (Å²) in [4.78, 5) is 11.5. The molecule has 0 bridgehead atoms. The number of aryl methyl sites for hydroxylation is 2. The number of esters is 1. The van der Waals surface area contributed by atoms with Gasteiger partial charge in [-0.3, -0.25) is 0 Å². The molecule has 0 saturated heterocycles. The van der Waals surface area contributed by atoms with E-state index in [1.165, 1.54) is 0 Å². The summed E-state index contributed by atoms with van der Waals surface area (Å²) in [5, 5.41) is 0. The summed E-state index contributed by atoms with van der Waals surface area (Å²) >= 11 is 0. The van der Waals surface area contributed by atoms with Gasteiger partial charge in [-0.2, -0.15) is 0 Å². The molecule has 0 fully saturated rings. The first kappa shape index (κ1) is 12.9. The normalized spacial score (nSPS) is 9.37. The minimum absolute atomic E-state index is 0.508. The smallest absolute Gasteiger partial charge is 0.390 e. The third-order valence-corrected chi connectivity index (χ3v) is 2.59. The Morgan fingerprint density at radius 1 is 0.895 bits per heavy atom. The molecule has 0 heterocycles. The fourth-order valence-electron chi connectivity index (χ4n) is 1.50. The molecule has 0 amide bonds. The molecule has 19 heavy (non-hydrogen) atoms. The average Bonchev–Trinajstić information content (AvgIpc) is 2.41. The number of ether oxygens (including phenoxy) is 1. The van der Waals surface area contributed by atoms with Crippen LogP contribution in [-0.4, -0.2) is 5.97 Å². The first-order chi connectivity index (χ1) is 9.13. The van der Waals surface area contributed by atoms with Crippen molar-refractivity contribution < 1.29 is 9.53 Å². The summed E-state index contributed by atoms with van der Waals surface area (Å²) in [6.07, 6.45) is 0. The maximum Gasteiger partial charge on any atom is 0.390 e. The molecule has 0 spiro atoms. The number of benzene rings is 2. The molecular formula is C17H14O2. The van der Waals surface area contributed by atoms with Crippen LogP contribution in [0.25, 0.3) is 0 Å². The molecule has 2 nitrogen and oxygen atoms in total. The lowest BCUT2D eigenvalue weighted by Crippen LogP contribution is -2.04. The molecule has 2 heteroatoms. The van der Waals surface area contributed by atoms with Crippen molar-refractivity contribution >= 4 is 5.97 Å². The molecule has 0 atom stereocenters. The lowest BCUT2D eigenvalue weighted by molar-refractivity contribution is -0.128. The van der Waals surface area contributed by atoms with E-state index in [-0.39, 0.29) is 0 Å². The summed E-state index contributed by atoms with van der Waals surface area (Å²) < 4.78 is 5.10. The Bertz CT molecular complexity index is 626. The van der Waals surface area contributed by atoms with Gasteiger partial charge < -0.3 is 4.74 Å². The van der Waals surface area contributed by atoms with Gasteiger partial charge in [-0.15, -0.1) is 0 Å². The van der Waals surface area contributed by atoms with Gasteiger partial charge in [0.25, 0.3) is 0 Å². The van der Waals surface area contributed by atoms with Crippen LogP contribution in [-0.2, 0) is 4.79 Å². The Morgan fingerprint density at radius 2 is 1.42 bits per heavy atom. The Hall–Kier alpha value is -2.53. The second-order valence-corrected chi connectivity index (χ2v) is 4.32. The minimum Gasteiger partial charge on any atom is -0.417 e. The van der Waals surface area contributed by atoms with Crippen molar-refractivity contribution in [3.63, 3.8) is 0 Å². The van der Waals surface area contributed by atoms with E-state index in [0.29, 0.717) is 5.75 Å². The zero-order chi connectivity index (χ0) is 13.7. The monoisotopic (exact) mass is 250 g/mol. The Kier molecular flexibility index (Phi) is 4.00. The summed E-state index contributed by atoms with van der Waals surface area (Å²) in [7, 11) is 0. The fourth-order valence-corrected chi connectivity index (χ4v) is 1.50. The summed E-state index contributed by atoms with van der Waals surface area (Å²) in [5.41, 5.74) is 3.07. The van der Waals surface area contributed by atoms with E-state index in [0.717, 1.165) is 16.7 Å². The predicted octanol–water partition coefficient (Wildman–Crippen LogP) is 3.26.